The van der Waals surface area contributed by atoms with Gasteiger partial charge in [-0.25, -0.2) is 9.97 Å². The summed E-state index contributed by atoms with van der Waals surface area (Å²) in [6.07, 6.45) is 6.39. The lowest BCUT2D eigenvalue weighted by Gasteiger charge is -2.32. The molecule has 3 heterocycles. The van der Waals surface area contributed by atoms with Crippen molar-refractivity contribution in [1.29, 1.82) is 0 Å². The largest absolute Gasteiger partial charge is 0.356 e. The van der Waals surface area contributed by atoms with E-state index in [1.54, 1.807) is 17.7 Å². The van der Waals surface area contributed by atoms with Crippen LogP contribution in [-0.2, 0) is 6.42 Å². The topological polar surface area (TPSA) is 55.0 Å². The second-order valence-electron chi connectivity index (χ2n) is 5.49. The maximum atomic E-state index is 5.66. The van der Waals surface area contributed by atoms with E-state index < -0.39 is 0 Å². The minimum absolute atomic E-state index is 0.794. The number of hydrogen-bond donors (Lipinski definition) is 1. The summed E-state index contributed by atoms with van der Waals surface area (Å²) < 4.78 is 0. The molecule has 0 bridgehead atoms. The van der Waals surface area contributed by atoms with Gasteiger partial charge < -0.3 is 10.6 Å². The standard InChI is InChI=1S/C15H22N4S/c1-2-12-9-13-14(17-10-18-15(13)20-12)19-7-4-11(3-6-16)5-8-19/h9-11H,2-8,16H2,1H3. The molecule has 0 spiro atoms. The molecule has 2 aromatic heterocycles. The Bertz CT molecular complexity index is 572. The Kier molecular flexibility index (Phi) is 4.17. The molecule has 1 fully saturated rings. The molecule has 1 aliphatic rings. The minimum atomic E-state index is 0.794. The van der Waals surface area contributed by atoms with Crippen LogP contribution in [0.1, 0.15) is 31.1 Å². The molecule has 0 amide bonds. The van der Waals surface area contributed by atoms with Crippen molar-refractivity contribution in [2.24, 2.45) is 11.7 Å². The monoisotopic (exact) mass is 290 g/mol. The zero-order chi connectivity index (χ0) is 13.9. The fourth-order valence-corrected chi connectivity index (χ4v) is 3.92. The van der Waals surface area contributed by atoms with E-state index in [1.165, 1.54) is 23.1 Å². The van der Waals surface area contributed by atoms with Gasteiger partial charge in [0.1, 0.15) is 17.0 Å². The Labute approximate surface area is 124 Å². The van der Waals surface area contributed by atoms with E-state index in [9.17, 15) is 0 Å². The summed E-state index contributed by atoms with van der Waals surface area (Å²) in [5, 5.41) is 1.23. The zero-order valence-corrected chi connectivity index (χ0v) is 12.8. The number of anilines is 1. The molecule has 0 atom stereocenters. The third-order valence-corrected chi connectivity index (χ3v) is 5.38. The van der Waals surface area contributed by atoms with Crippen LogP contribution in [0, 0.1) is 5.92 Å². The van der Waals surface area contributed by atoms with Crippen LogP contribution in [0.15, 0.2) is 12.4 Å². The molecular formula is C15H22N4S. The number of nitrogens with two attached hydrogens (primary N) is 1. The van der Waals surface area contributed by atoms with Crippen molar-refractivity contribution in [2.45, 2.75) is 32.6 Å². The van der Waals surface area contributed by atoms with Crippen LogP contribution in [0.5, 0.6) is 0 Å². The van der Waals surface area contributed by atoms with E-state index in [4.69, 9.17) is 5.73 Å². The van der Waals surface area contributed by atoms with E-state index in [2.05, 4.69) is 27.9 Å². The first-order valence-electron chi connectivity index (χ1n) is 7.50. The molecule has 1 aliphatic heterocycles. The van der Waals surface area contributed by atoms with Crippen molar-refractivity contribution in [3.05, 3.63) is 17.3 Å². The maximum Gasteiger partial charge on any atom is 0.140 e. The summed E-state index contributed by atoms with van der Waals surface area (Å²) in [6.45, 7) is 5.19. The number of nitrogens with zero attached hydrogens (tertiary/aromatic N) is 3. The van der Waals surface area contributed by atoms with Gasteiger partial charge in [-0.15, -0.1) is 11.3 Å². The van der Waals surface area contributed by atoms with Gasteiger partial charge in [-0.05, 0) is 44.2 Å². The van der Waals surface area contributed by atoms with Crippen LogP contribution < -0.4 is 10.6 Å². The molecule has 2 aromatic rings. The number of fused-ring (bicyclic) bond motifs is 1. The molecule has 0 aliphatic carbocycles. The highest BCUT2D eigenvalue weighted by atomic mass is 32.1. The van der Waals surface area contributed by atoms with E-state index in [0.717, 1.165) is 49.0 Å². The van der Waals surface area contributed by atoms with Crippen molar-refractivity contribution in [3.8, 4) is 0 Å². The summed E-state index contributed by atoms with van der Waals surface area (Å²) >= 11 is 1.79. The van der Waals surface area contributed by atoms with Crippen molar-refractivity contribution < 1.29 is 0 Å². The van der Waals surface area contributed by atoms with E-state index >= 15 is 0 Å². The SMILES string of the molecule is CCc1cc2c(N3CCC(CCN)CC3)ncnc2s1. The second kappa shape index (κ2) is 6.06. The molecule has 4 nitrogen and oxygen atoms in total. The Morgan fingerprint density at radius 2 is 2.15 bits per heavy atom. The first kappa shape index (κ1) is 13.8. The first-order chi connectivity index (χ1) is 9.81. The minimum Gasteiger partial charge on any atom is -0.356 e. The van der Waals surface area contributed by atoms with Gasteiger partial charge in [0.2, 0.25) is 0 Å². The van der Waals surface area contributed by atoms with E-state index in [1.807, 2.05) is 0 Å². The maximum absolute atomic E-state index is 5.66. The molecule has 0 saturated carbocycles. The quantitative estimate of drug-likeness (QED) is 0.940. The highest BCUT2D eigenvalue weighted by Crippen LogP contribution is 2.32. The second-order valence-corrected chi connectivity index (χ2v) is 6.61. The van der Waals surface area contributed by atoms with Gasteiger partial charge in [0.15, 0.2) is 0 Å². The van der Waals surface area contributed by atoms with Gasteiger partial charge >= 0.3 is 0 Å². The van der Waals surface area contributed by atoms with Crippen LogP contribution in [0.4, 0.5) is 5.82 Å². The molecule has 108 valence electrons. The number of rotatable bonds is 4. The van der Waals surface area contributed by atoms with Crippen molar-refractivity contribution >= 4 is 27.4 Å². The van der Waals surface area contributed by atoms with Crippen LogP contribution in [-0.4, -0.2) is 29.6 Å². The van der Waals surface area contributed by atoms with Gasteiger partial charge in [0.05, 0.1) is 5.39 Å². The molecule has 5 heteroatoms. The Morgan fingerprint density at radius 3 is 2.85 bits per heavy atom. The Morgan fingerprint density at radius 1 is 1.35 bits per heavy atom. The summed E-state index contributed by atoms with van der Waals surface area (Å²) in [7, 11) is 0. The summed E-state index contributed by atoms with van der Waals surface area (Å²) in [5.74, 6) is 1.92. The van der Waals surface area contributed by atoms with E-state index in [0.29, 0.717) is 0 Å². The molecule has 0 aromatic carbocycles. The summed E-state index contributed by atoms with van der Waals surface area (Å²) in [6, 6.07) is 2.27. The number of piperidine rings is 1. The van der Waals surface area contributed by atoms with Crippen molar-refractivity contribution in [3.63, 3.8) is 0 Å². The van der Waals surface area contributed by atoms with Gasteiger partial charge in [-0.2, -0.15) is 0 Å². The smallest absolute Gasteiger partial charge is 0.140 e. The molecular weight excluding hydrogens is 268 g/mol. The molecule has 20 heavy (non-hydrogen) atoms. The molecule has 0 radical (unpaired) electrons. The molecule has 0 unspecified atom stereocenters. The van der Waals surface area contributed by atoms with Crippen LogP contribution in [0.2, 0.25) is 0 Å². The van der Waals surface area contributed by atoms with Gasteiger partial charge in [0, 0.05) is 18.0 Å². The first-order valence-corrected chi connectivity index (χ1v) is 8.32. The Balaban J connectivity index is 1.82. The number of hydrogen-bond acceptors (Lipinski definition) is 5. The number of aryl methyl sites for hydroxylation is 1. The average molecular weight is 290 g/mol. The predicted molar refractivity (Wildman–Crippen MR) is 85.4 cm³/mol. The average Bonchev–Trinajstić information content (AvgIpc) is 2.91. The van der Waals surface area contributed by atoms with Crippen LogP contribution in [0.25, 0.3) is 10.2 Å². The lowest BCUT2D eigenvalue weighted by Crippen LogP contribution is -2.34. The fourth-order valence-electron chi connectivity index (χ4n) is 2.99. The molecule has 3 rings (SSSR count). The number of thiophene rings is 1. The third kappa shape index (κ3) is 2.65. The summed E-state index contributed by atoms with van der Waals surface area (Å²) in [4.78, 5) is 13.9. The van der Waals surface area contributed by atoms with E-state index in [-0.39, 0.29) is 0 Å². The van der Waals surface area contributed by atoms with Gasteiger partial charge in [0.25, 0.3) is 0 Å². The fraction of sp³-hybridized carbons (Fsp3) is 0.600. The predicted octanol–water partition coefficient (Wildman–Crippen LogP) is 2.82. The van der Waals surface area contributed by atoms with Gasteiger partial charge in [-0.1, -0.05) is 6.92 Å². The number of aromatic nitrogens is 2. The van der Waals surface area contributed by atoms with Gasteiger partial charge in [-0.3, -0.25) is 0 Å². The lowest BCUT2D eigenvalue weighted by atomic mass is 9.93. The van der Waals surface area contributed by atoms with Crippen molar-refractivity contribution in [2.75, 3.05) is 24.5 Å². The molecule has 1 saturated heterocycles. The van der Waals surface area contributed by atoms with Crippen molar-refractivity contribution in [1.82, 2.24) is 9.97 Å². The summed E-state index contributed by atoms with van der Waals surface area (Å²) in [5.41, 5.74) is 5.66. The lowest BCUT2D eigenvalue weighted by molar-refractivity contribution is 0.385. The van der Waals surface area contributed by atoms with Crippen LogP contribution >= 0.6 is 11.3 Å². The zero-order valence-electron chi connectivity index (χ0n) is 12.0. The third-order valence-electron chi connectivity index (χ3n) is 4.20. The highest BCUT2D eigenvalue weighted by molar-refractivity contribution is 7.18. The highest BCUT2D eigenvalue weighted by Gasteiger charge is 2.21. The van der Waals surface area contributed by atoms with Crippen LogP contribution in [0.3, 0.4) is 0 Å². The normalized spacial score (nSPS) is 17.0. The molecule has 2 N–H and O–H groups in total. The Hall–Kier alpha value is -1.20.